The minimum Gasteiger partial charge on any atom is -0.354 e. The molecule has 31 heavy (non-hydrogen) atoms. The van der Waals surface area contributed by atoms with E-state index in [1.165, 1.54) is 38.5 Å². The minimum atomic E-state index is 0.202. The number of hydrogen-bond donors (Lipinski definition) is 1. The van der Waals surface area contributed by atoms with E-state index in [-0.39, 0.29) is 17.4 Å². The molecule has 0 saturated heterocycles. The summed E-state index contributed by atoms with van der Waals surface area (Å²) in [6.45, 7) is 13.8. The maximum Gasteiger partial charge on any atom is 0.220 e. The summed E-state index contributed by atoms with van der Waals surface area (Å²) in [4.78, 5) is 25.6. The third-order valence-electron chi connectivity index (χ3n) is 10.8. The topological polar surface area (TPSA) is 46.2 Å². The lowest BCUT2D eigenvalue weighted by Crippen LogP contribution is -2.56. The van der Waals surface area contributed by atoms with Gasteiger partial charge in [-0.05, 0) is 105 Å². The van der Waals surface area contributed by atoms with Crippen molar-refractivity contribution < 1.29 is 9.59 Å². The molecule has 0 spiro atoms. The molecule has 0 radical (unpaired) electrons. The molecule has 4 aliphatic rings. The van der Waals surface area contributed by atoms with Gasteiger partial charge in [-0.25, -0.2) is 0 Å². The average Bonchev–Trinajstić information content (AvgIpc) is 3.04. The Kier molecular flexibility index (Phi) is 6.38. The first kappa shape index (κ1) is 23.3. The van der Waals surface area contributed by atoms with Crippen molar-refractivity contribution in [3.05, 3.63) is 0 Å². The fourth-order valence-electron chi connectivity index (χ4n) is 9.16. The fourth-order valence-corrected chi connectivity index (χ4v) is 9.16. The van der Waals surface area contributed by atoms with Crippen molar-refractivity contribution in [3.63, 3.8) is 0 Å². The maximum absolute atomic E-state index is 13.4. The molecule has 3 nitrogen and oxygen atoms in total. The van der Waals surface area contributed by atoms with E-state index >= 15 is 0 Å². The lowest BCUT2D eigenvalue weighted by Gasteiger charge is -2.60. The van der Waals surface area contributed by atoms with Crippen LogP contribution >= 0.6 is 0 Å². The molecule has 3 heteroatoms. The lowest BCUT2D eigenvalue weighted by atomic mass is 9.43. The average molecular weight is 430 g/mol. The zero-order chi connectivity index (χ0) is 22.6. The summed E-state index contributed by atoms with van der Waals surface area (Å²) in [6, 6.07) is 0.225. The Balaban J connectivity index is 1.47. The molecule has 0 aromatic rings. The van der Waals surface area contributed by atoms with Crippen LogP contribution in [0, 0.1) is 52.3 Å². The van der Waals surface area contributed by atoms with Crippen LogP contribution in [0.15, 0.2) is 0 Å². The third kappa shape index (κ3) is 4.01. The van der Waals surface area contributed by atoms with Crippen LogP contribution in [0.4, 0.5) is 0 Å². The van der Waals surface area contributed by atoms with Crippen molar-refractivity contribution in [2.75, 3.05) is 0 Å². The van der Waals surface area contributed by atoms with E-state index in [1.54, 1.807) is 0 Å². The number of carbonyl (C=O) groups is 2. The monoisotopic (exact) mass is 429 g/mol. The van der Waals surface area contributed by atoms with Crippen molar-refractivity contribution in [2.45, 2.75) is 112 Å². The zero-order valence-corrected chi connectivity index (χ0v) is 21.0. The SMILES string of the molecule is CC(C)NC(=O)CC[C@H](C)[C@@H]1CC[C@@H]2[C@H]3CC(=O)[C@H]4C[C@@H](C)CC[C@@]4(C)[C@@H]3CC[C@]21C. The molecule has 0 bridgehead atoms. The first-order valence-corrected chi connectivity index (χ1v) is 13.4. The van der Waals surface area contributed by atoms with Crippen LogP contribution in [-0.2, 0) is 9.59 Å². The standard InChI is InChI=1S/C28H47NO2/c1-17(2)29-26(31)10-7-19(4)21-8-9-22-20-16-25(30)24-15-18(3)11-13-28(24,6)23(20)12-14-27(21,22)5/h17-24H,7-16H2,1-6H3,(H,29,31)/t18-,19-,20+,21-,22+,23+,24+,27-,28-/m0/s1. The molecule has 0 aromatic carbocycles. The number of Topliss-reactive ketones (excluding diaryl/α,β-unsaturated/α-hetero) is 1. The minimum absolute atomic E-state index is 0.202. The van der Waals surface area contributed by atoms with Crippen LogP contribution in [0.1, 0.15) is 106 Å². The molecule has 4 saturated carbocycles. The molecule has 1 N–H and O–H groups in total. The first-order chi connectivity index (χ1) is 14.6. The van der Waals surface area contributed by atoms with Crippen LogP contribution in [0.5, 0.6) is 0 Å². The number of fused-ring (bicyclic) bond motifs is 5. The maximum atomic E-state index is 13.4. The van der Waals surface area contributed by atoms with Crippen LogP contribution in [0.3, 0.4) is 0 Å². The summed E-state index contributed by atoms with van der Waals surface area (Å²) < 4.78 is 0. The van der Waals surface area contributed by atoms with Gasteiger partial charge in [0.1, 0.15) is 5.78 Å². The highest BCUT2D eigenvalue weighted by atomic mass is 16.1. The van der Waals surface area contributed by atoms with Gasteiger partial charge in [0.15, 0.2) is 0 Å². The van der Waals surface area contributed by atoms with Crippen LogP contribution in [0.2, 0.25) is 0 Å². The molecule has 1 amide bonds. The first-order valence-electron chi connectivity index (χ1n) is 13.4. The van der Waals surface area contributed by atoms with Crippen LogP contribution < -0.4 is 5.32 Å². The van der Waals surface area contributed by atoms with Crippen molar-refractivity contribution >= 4 is 11.7 Å². The molecule has 0 aliphatic heterocycles. The highest BCUT2D eigenvalue weighted by Gasteiger charge is 2.62. The van der Waals surface area contributed by atoms with Gasteiger partial charge in [-0.3, -0.25) is 9.59 Å². The predicted octanol–water partition coefficient (Wildman–Crippen LogP) is 6.40. The van der Waals surface area contributed by atoms with Crippen LogP contribution in [-0.4, -0.2) is 17.7 Å². The quantitative estimate of drug-likeness (QED) is 0.549. The summed E-state index contributed by atoms with van der Waals surface area (Å²) in [7, 11) is 0. The predicted molar refractivity (Wildman–Crippen MR) is 126 cm³/mol. The van der Waals surface area contributed by atoms with Crippen LogP contribution in [0.25, 0.3) is 0 Å². The van der Waals surface area contributed by atoms with Crippen molar-refractivity contribution in [2.24, 2.45) is 52.3 Å². The summed E-state index contributed by atoms with van der Waals surface area (Å²) >= 11 is 0. The van der Waals surface area contributed by atoms with Crippen molar-refractivity contribution in [3.8, 4) is 0 Å². The fraction of sp³-hybridized carbons (Fsp3) is 0.929. The van der Waals surface area contributed by atoms with Crippen molar-refractivity contribution in [1.82, 2.24) is 5.32 Å². The van der Waals surface area contributed by atoms with E-state index in [0.717, 1.165) is 31.1 Å². The van der Waals surface area contributed by atoms with E-state index in [1.807, 2.05) is 13.8 Å². The zero-order valence-electron chi connectivity index (χ0n) is 21.0. The number of amides is 1. The van der Waals surface area contributed by atoms with Gasteiger partial charge < -0.3 is 5.32 Å². The van der Waals surface area contributed by atoms with E-state index in [0.29, 0.717) is 47.2 Å². The molecule has 176 valence electrons. The second-order valence-corrected chi connectivity index (χ2v) is 13.0. The number of rotatable bonds is 5. The van der Waals surface area contributed by atoms with Crippen molar-refractivity contribution in [1.29, 1.82) is 0 Å². The lowest BCUT2D eigenvalue weighted by molar-refractivity contribution is -0.156. The molecular weight excluding hydrogens is 382 g/mol. The number of ketones is 1. The molecule has 0 heterocycles. The molecule has 4 rings (SSSR count). The van der Waals surface area contributed by atoms with E-state index in [4.69, 9.17) is 0 Å². The number of hydrogen-bond acceptors (Lipinski definition) is 2. The smallest absolute Gasteiger partial charge is 0.220 e. The second kappa shape index (κ2) is 8.49. The molecule has 9 atom stereocenters. The highest BCUT2D eigenvalue weighted by Crippen LogP contribution is 2.68. The van der Waals surface area contributed by atoms with Gasteiger partial charge in [0.05, 0.1) is 0 Å². The Morgan fingerprint density at radius 3 is 2.42 bits per heavy atom. The van der Waals surface area contributed by atoms with Gasteiger partial charge in [0.25, 0.3) is 0 Å². The van der Waals surface area contributed by atoms with E-state index < -0.39 is 0 Å². The highest BCUT2D eigenvalue weighted by molar-refractivity contribution is 5.83. The molecule has 4 aliphatic carbocycles. The Bertz CT molecular complexity index is 701. The Labute approximate surface area is 190 Å². The Morgan fingerprint density at radius 1 is 1.03 bits per heavy atom. The van der Waals surface area contributed by atoms with Gasteiger partial charge in [-0.1, -0.05) is 34.1 Å². The molecule has 0 unspecified atom stereocenters. The Morgan fingerprint density at radius 2 is 1.71 bits per heavy atom. The van der Waals surface area contributed by atoms with Gasteiger partial charge in [-0.2, -0.15) is 0 Å². The number of nitrogens with one attached hydrogen (secondary N) is 1. The summed E-state index contributed by atoms with van der Waals surface area (Å²) in [5.74, 6) is 5.22. The van der Waals surface area contributed by atoms with Gasteiger partial charge >= 0.3 is 0 Å². The second-order valence-electron chi connectivity index (χ2n) is 13.0. The Hall–Kier alpha value is -0.860. The molecule has 0 aromatic heterocycles. The molecule has 4 fully saturated rings. The van der Waals surface area contributed by atoms with E-state index in [9.17, 15) is 9.59 Å². The third-order valence-corrected chi connectivity index (χ3v) is 10.8. The summed E-state index contributed by atoms with van der Waals surface area (Å²) in [5.41, 5.74) is 0.618. The van der Waals surface area contributed by atoms with Gasteiger partial charge in [0, 0.05) is 24.8 Å². The van der Waals surface area contributed by atoms with Gasteiger partial charge in [-0.15, -0.1) is 0 Å². The summed E-state index contributed by atoms with van der Waals surface area (Å²) in [6.07, 6.45) is 11.5. The largest absolute Gasteiger partial charge is 0.354 e. The summed E-state index contributed by atoms with van der Waals surface area (Å²) in [5, 5.41) is 3.05. The normalized spacial score (nSPS) is 45.6. The number of carbonyl (C=O) groups excluding carboxylic acids is 2. The van der Waals surface area contributed by atoms with E-state index in [2.05, 4.69) is 33.0 Å². The molecular formula is C28H47NO2. The van der Waals surface area contributed by atoms with Gasteiger partial charge in [0.2, 0.25) is 5.91 Å².